The van der Waals surface area contributed by atoms with Gasteiger partial charge in [0, 0.05) is 18.7 Å². The molecule has 0 heterocycles. The first kappa shape index (κ1) is 25.9. The molecule has 6 nitrogen and oxygen atoms in total. The smallest absolute Gasteiger partial charge is 0.251 e. The third kappa shape index (κ3) is 7.93. The monoisotopic (exact) mass is 496 g/mol. The number of benzene rings is 4. The molecule has 4 aromatic rings. The maximum absolute atomic E-state index is 13.1. The molecule has 0 fully saturated rings. The minimum atomic E-state index is -0.796. The fraction of sp³-hybridized carbons (Fsp3) is 0.194. The molecule has 0 bridgehead atoms. The molecule has 3 N–H and O–H groups in total. The average molecular weight is 497 g/mol. The highest BCUT2D eigenvalue weighted by molar-refractivity contribution is 5.94. The van der Waals surface area contributed by atoms with Crippen molar-refractivity contribution in [1.82, 2.24) is 10.6 Å². The van der Waals surface area contributed by atoms with E-state index in [1.165, 1.54) is 0 Å². The third-order valence-corrected chi connectivity index (χ3v) is 5.99. The van der Waals surface area contributed by atoms with Crippen molar-refractivity contribution in [3.05, 3.63) is 126 Å². The standard InChI is InChI=1S/C31H32N2O4/c1-36-28-14-8-11-24(19-28)21-32-22-30(34)29(20-23-9-4-2-5-10-23)33-31(35)25-15-17-27(18-16-25)37-26-12-6-3-7-13-26/h2-19,29-30,32,34H,20-22H2,1H3,(H,33,35)/t29-,30+/m0/s1. The van der Waals surface area contributed by atoms with E-state index in [0.717, 1.165) is 22.6 Å². The van der Waals surface area contributed by atoms with Crippen molar-refractivity contribution in [3.8, 4) is 17.2 Å². The Kier molecular flexibility index (Phi) is 9.29. The number of hydrogen-bond donors (Lipinski definition) is 3. The number of para-hydroxylation sites is 1. The molecule has 0 saturated heterocycles. The molecule has 4 rings (SSSR count). The molecule has 6 heteroatoms. The number of methoxy groups -OCH3 is 1. The van der Waals surface area contributed by atoms with Crippen LogP contribution in [-0.2, 0) is 13.0 Å². The lowest BCUT2D eigenvalue weighted by atomic mass is 10.0. The predicted molar refractivity (Wildman–Crippen MR) is 145 cm³/mol. The molecule has 0 saturated carbocycles. The topological polar surface area (TPSA) is 79.8 Å². The van der Waals surface area contributed by atoms with Crippen LogP contribution < -0.4 is 20.1 Å². The van der Waals surface area contributed by atoms with E-state index in [1.54, 1.807) is 31.4 Å². The molecule has 0 spiro atoms. The van der Waals surface area contributed by atoms with Crippen LogP contribution in [0, 0.1) is 0 Å². The molecule has 0 aliphatic rings. The highest BCUT2D eigenvalue weighted by atomic mass is 16.5. The lowest BCUT2D eigenvalue weighted by Crippen LogP contribution is -2.48. The predicted octanol–water partition coefficient (Wildman–Crippen LogP) is 4.98. The summed E-state index contributed by atoms with van der Waals surface area (Å²) in [5.41, 5.74) is 2.58. The van der Waals surface area contributed by atoms with Crippen molar-refractivity contribution in [2.75, 3.05) is 13.7 Å². The van der Waals surface area contributed by atoms with Crippen LogP contribution >= 0.6 is 0 Å². The molecule has 4 aromatic carbocycles. The summed E-state index contributed by atoms with van der Waals surface area (Å²) in [7, 11) is 1.64. The summed E-state index contributed by atoms with van der Waals surface area (Å²) in [5, 5.41) is 17.3. The van der Waals surface area contributed by atoms with E-state index < -0.39 is 12.1 Å². The lowest BCUT2D eigenvalue weighted by Gasteiger charge is -2.25. The Morgan fingerprint density at radius 1 is 0.784 bits per heavy atom. The zero-order chi connectivity index (χ0) is 25.9. The number of rotatable bonds is 12. The van der Waals surface area contributed by atoms with Gasteiger partial charge in [0.15, 0.2) is 0 Å². The Morgan fingerprint density at radius 2 is 1.41 bits per heavy atom. The first-order chi connectivity index (χ1) is 18.1. The van der Waals surface area contributed by atoms with Gasteiger partial charge in [-0.3, -0.25) is 4.79 Å². The van der Waals surface area contributed by atoms with Gasteiger partial charge in [0.25, 0.3) is 5.91 Å². The first-order valence-electron chi connectivity index (χ1n) is 12.3. The van der Waals surface area contributed by atoms with Gasteiger partial charge >= 0.3 is 0 Å². The number of aliphatic hydroxyl groups is 1. The Balaban J connectivity index is 1.38. The average Bonchev–Trinajstić information content (AvgIpc) is 2.94. The normalized spacial score (nSPS) is 12.4. The summed E-state index contributed by atoms with van der Waals surface area (Å²) in [6, 6.07) is 33.6. The molecule has 190 valence electrons. The van der Waals surface area contributed by atoms with E-state index in [9.17, 15) is 9.90 Å². The number of amides is 1. The molecule has 0 aliphatic carbocycles. The highest BCUT2D eigenvalue weighted by Gasteiger charge is 2.22. The van der Waals surface area contributed by atoms with Crippen molar-refractivity contribution in [3.63, 3.8) is 0 Å². The van der Waals surface area contributed by atoms with Gasteiger partial charge in [-0.15, -0.1) is 0 Å². The second-order valence-electron chi connectivity index (χ2n) is 8.76. The van der Waals surface area contributed by atoms with Crippen LogP contribution in [0.25, 0.3) is 0 Å². The zero-order valence-electron chi connectivity index (χ0n) is 20.8. The number of ether oxygens (including phenoxy) is 2. The Bertz CT molecular complexity index is 1250. The Hall–Kier alpha value is -4.13. The molecule has 1 amide bonds. The number of carbonyl (C=O) groups excluding carboxylic acids is 1. The van der Waals surface area contributed by atoms with Gasteiger partial charge < -0.3 is 25.2 Å². The lowest BCUT2D eigenvalue weighted by molar-refractivity contribution is 0.0830. The highest BCUT2D eigenvalue weighted by Crippen LogP contribution is 2.21. The molecule has 0 aliphatic heterocycles. The van der Waals surface area contributed by atoms with Crippen molar-refractivity contribution in [2.24, 2.45) is 0 Å². The molecular formula is C31H32N2O4. The largest absolute Gasteiger partial charge is 0.497 e. The molecule has 0 aromatic heterocycles. The van der Waals surface area contributed by atoms with Crippen LogP contribution in [0.3, 0.4) is 0 Å². The summed E-state index contributed by atoms with van der Waals surface area (Å²) in [5.74, 6) is 1.91. The van der Waals surface area contributed by atoms with E-state index in [1.807, 2.05) is 84.9 Å². The number of carbonyl (C=O) groups is 1. The number of nitrogens with one attached hydrogen (secondary N) is 2. The SMILES string of the molecule is COc1cccc(CNC[C@@H](O)[C@H](Cc2ccccc2)NC(=O)c2ccc(Oc3ccccc3)cc2)c1. The zero-order valence-corrected chi connectivity index (χ0v) is 20.8. The van der Waals surface area contributed by atoms with Gasteiger partial charge in [0.05, 0.1) is 19.3 Å². The number of aliphatic hydroxyl groups excluding tert-OH is 1. The Labute approximate surface area is 217 Å². The molecule has 0 unspecified atom stereocenters. The quantitative estimate of drug-likeness (QED) is 0.258. The van der Waals surface area contributed by atoms with Gasteiger partial charge in [0.2, 0.25) is 0 Å². The Morgan fingerprint density at radius 3 is 2.11 bits per heavy atom. The summed E-state index contributed by atoms with van der Waals surface area (Å²) in [4.78, 5) is 13.1. The van der Waals surface area contributed by atoms with Gasteiger partial charge in [0.1, 0.15) is 17.2 Å². The minimum absolute atomic E-state index is 0.251. The van der Waals surface area contributed by atoms with Crippen LogP contribution in [0.4, 0.5) is 0 Å². The van der Waals surface area contributed by atoms with E-state index in [4.69, 9.17) is 9.47 Å². The van der Waals surface area contributed by atoms with Crippen molar-refractivity contribution in [1.29, 1.82) is 0 Å². The fourth-order valence-electron chi connectivity index (χ4n) is 3.99. The second kappa shape index (κ2) is 13.3. The molecule has 0 radical (unpaired) electrons. The van der Waals surface area contributed by atoms with E-state index in [2.05, 4.69) is 10.6 Å². The molecule has 37 heavy (non-hydrogen) atoms. The molecule has 2 atom stereocenters. The summed E-state index contributed by atoms with van der Waals surface area (Å²) in [6.45, 7) is 0.891. The summed E-state index contributed by atoms with van der Waals surface area (Å²) >= 11 is 0. The van der Waals surface area contributed by atoms with E-state index in [-0.39, 0.29) is 5.91 Å². The van der Waals surface area contributed by atoms with Crippen molar-refractivity contribution >= 4 is 5.91 Å². The maximum Gasteiger partial charge on any atom is 0.251 e. The molecular weight excluding hydrogens is 464 g/mol. The van der Waals surface area contributed by atoms with Crippen molar-refractivity contribution in [2.45, 2.75) is 25.1 Å². The second-order valence-corrected chi connectivity index (χ2v) is 8.76. The van der Waals surface area contributed by atoms with Gasteiger partial charge in [-0.25, -0.2) is 0 Å². The van der Waals surface area contributed by atoms with Gasteiger partial charge in [-0.2, -0.15) is 0 Å². The maximum atomic E-state index is 13.1. The van der Waals surface area contributed by atoms with Crippen molar-refractivity contribution < 1.29 is 19.4 Å². The first-order valence-corrected chi connectivity index (χ1v) is 12.3. The minimum Gasteiger partial charge on any atom is -0.497 e. The van der Waals surface area contributed by atoms with Crippen LogP contribution in [0.15, 0.2) is 109 Å². The van der Waals surface area contributed by atoms with Crippen LogP contribution in [0.2, 0.25) is 0 Å². The van der Waals surface area contributed by atoms with E-state index in [0.29, 0.717) is 30.8 Å². The van der Waals surface area contributed by atoms with Crippen LogP contribution in [-0.4, -0.2) is 36.8 Å². The van der Waals surface area contributed by atoms with Gasteiger partial charge in [-0.1, -0.05) is 60.7 Å². The summed E-state index contributed by atoms with van der Waals surface area (Å²) in [6.07, 6.45) is -0.292. The van der Waals surface area contributed by atoms with Crippen LogP contribution in [0.5, 0.6) is 17.2 Å². The number of hydrogen-bond acceptors (Lipinski definition) is 5. The summed E-state index contributed by atoms with van der Waals surface area (Å²) < 4.78 is 11.1. The third-order valence-electron chi connectivity index (χ3n) is 5.99. The fourth-order valence-corrected chi connectivity index (χ4v) is 3.99. The van der Waals surface area contributed by atoms with Gasteiger partial charge in [-0.05, 0) is 66.1 Å². The van der Waals surface area contributed by atoms with Crippen LogP contribution in [0.1, 0.15) is 21.5 Å². The van der Waals surface area contributed by atoms with E-state index >= 15 is 0 Å².